The number of nitrogens with one attached hydrogen (secondary N) is 2. The Morgan fingerprint density at radius 1 is 1.29 bits per heavy atom. The molecular weight excluding hydrogens is 264 g/mol. The van der Waals surface area contributed by atoms with Gasteiger partial charge in [-0.05, 0) is 50.9 Å². The second kappa shape index (κ2) is 6.72. The van der Waals surface area contributed by atoms with Crippen LogP contribution in [0.5, 0.6) is 5.88 Å². The predicted molar refractivity (Wildman–Crippen MR) is 84.8 cm³/mol. The van der Waals surface area contributed by atoms with E-state index in [0.717, 1.165) is 36.5 Å². The minimum Gasteiger partial charge on any atom is -0.475 e. The van der Waals surface area contributed by atoms with E-state index in [1.165, 1.54) is 12.8 Å². The topological polar surface area (TPSA) is 59.1 Å². The van der Waals surface area contributed by atoms with E-state index in [-0.39, 0.29) is 0 Å². The number of benzene rings is 1. The van der Waals surface area contributed by atoms with Gasteiger partial charge in [-0.15, -0.1) is 0 Å². The Balaban J connectivity index is 1.79. The molecule has 0 saturated carbocycles. The molecule has 1 aromatic heterocycles. The average molecular weight is 286 g/mol. The first-order valence-electron chi connectivity index (χ1n) is 7.71. The smallest absolute Gasteiger partial charge is 0.258 e. The maximum atomic E-state index is 5.63. The molecule has 112 valence electrons. The summed E-state index contributed by atoms with van der Waals surface area (Å²) >= 11 is 0. The highest BCUT2D eigenvalue weighted by Gasteiger charge is 2.15. The minimum absolute atomic E-state index is 0.590. The van der Waals surface area contributed by atoms with Gasteiger partial charge in [0.25, 0.3) is 5.88 Å². The number of ether oxygens (including phenoxy) is 1. The summed E-state index contributed by atoms with van der Waals surface area (Å²) in [5.74, 6) is 1.99. The Labute approximate surface area is 125 Å². The van der Waals surface area contributed by atoms with E-state index in [2.05, 4.69) is 20.6 Å². The summed E-state index contributed by atoms with van der Waals surface area (Å²) in [6.45, 7) is 5.66. The molecule has 0 radical (unpaired) electrons. The van der Waals surface area contributed by atoms with E-state index in [1.54, 1.807) is 0 Å². The predicted octanol–water partition coefficient (Wildman–Crippen LogP) is 2.44. The number of para-hydroxylation sites is 2. The monoisotopic (exact) mass is 286 g/mol. The molecule has 2 N–H and O–H groups in total. The van der Waals surface area contributed by atoms with Crippen molar-refractivity contribution in [2.45, 2.75) is 19.8 Å². The first-order chi connectivity index (χ1) is 10.4. The molecule has 0 unspecified atom stereocenters. The normalized spacial score (nSPS) is 18.6. The van der Waals surface area contributed by atoms with Crippen LogP contribution in [0.2, 0.25) is 0 Å². The number of hydrogen-bond donors (Lipinski definition) is 2. The van der Waals surface area contributed by atoms with Crippen molar-refractivity contribution in [3.63, 3.8) is 0 Å². The van der Waals surface area contributed by atoms with Gasteiger partial charge >= 0.3 is 0 Å². The molecule has 1 fully saturated rings. The maximum absolute atomic E-state index is 5.63. The van der Waals surface area contributed by atoms with Gasteiger partial charge < -0.3 is 15.4 Å². The molecule has 0 aliphatic carbocycles. The average Bonchev–Trinajstić information content (AvgIpc) is 2.54. The zero-order valence-corrected chi connectivity index (χ0v) is 12.4. The molecule has 1 saturated heterocycles. The molecule has 2 heterocycles. The van der Waals surface area contributed by atoms with E-state index in [1.807, 2.05) is 31.2 Å². The molecule has 0 amide bonds. The molecule has 1 aliphatic rings. The van der Waals surface area contributed by atoms with Crippen molar-refractivity contribution in [3.05, 3.63) is 24.3 Å². The van der Waals surface area contributed by atoms with Crippen molar-refractivity contribution in [2.24, 2.45) is 5.92 Å². The molecule has 21 heavy (non-hydrogen) atoms. The van der Waals surface area contributed by atoms with Crippen LogP contribution < -0.4 is 15.4 Å². The van der Waals surface area contributed by atoms with Crippen molar-refractivity contribution in [1.29, 1.82) is 0 Å². The van der Waals surface area contributed by atoms with Gasteiger partial charge in [0.05, 0.1) is 17.6 Å². The number of nitrogens with zero attached hydrogens (tertiary/aromatic N) is 2. The molecule has 5 nitrogen and oxygen atoms in total. The number of fused-ring (bicyclic) bond motifs is 1. The van der Waals surface area contributed by atoms with Crippen LogP contribution in [0.1, 0.15) is 19.8 Å². The van der Waals surface area contributed by atoms with Gasteiger partial charge in [0.1, 0.15) is 0 Å². The van der Waals surface area contributed by atoms with Crippen LogP contribution in [0.15, 0.2) is 24.3 Å². The van der Waals surface area contributed by atoms with Gasteiger partial charge in [-0.25, -0.2) is 9.97 Å². The quantitative estimate of drug-likeness (QED) is 0.884. The Hall–Kier alpha value is -1.88. The lowest BCUT2D eigenvalue weighted by Gasteiger charge is -2.23. The van der Waals surface area contributed by atoms with Crippen molar-refractivity contribution >= 4 is 16.9 Å². The molecule has 1 atom stereocenters. The van der Waals surface area contributed by atoms with Crippen molar-refractivity contribution < 1.29 is 4.74 Å². The van der Waals surface area contributed by atoms with Gasteiger partial charge in [-0.1, -0.05) is 12.1 Å². The van der Waals surface area contributed by atoms with Crippen LogP contribution in [-0.4, -0.2) is 36.2 Å². The summed E-state index contributed by atoms with van der Waals surface area (Å²) in [7, 11) is 0. The van der Waals surface area contributed by atoms with Gasteiger partial charge in [-0.3, -0.25) is 0 Å². The zero-order chi connectivity index (χ0) is 14.5. The summed E-state index contributed by atoms with van der Waals surface area (Å²) in [6, 6.07) is 7.88. The number of piperidine rings is 1. The molecule has 3 rings (SSSR count). The highest BCUT2D eigenvalue weighted by atomic mass is 16.5. The highest BCUT2D eigenvalue weighted by Crippen LogP contribution is 2.24. The number of rotatable bonds is 5. The van der Waals surface area contributed by atoms with Crippen LogP contribution in [0, 0.1) is 5.92 Å². The molecule has 1 aromatic carbocycles. The fourth-order valence-corrected chi connectivity index (χ4v) is 2.68. The van der Waals surface area contributed by atoms with Gasteiger partial charge in [0, 0.05) is 6.54 Å². The minimum atomic E-state index is 0.590. The molecule has 0 spiro atoms. The summed E-state index contributed by atoms with van der Waals surface area (Å²) in [6.07, 6.45) is 2.50. The lowest BCUT2D eigenvalue weighted by atomic mass is 10.00. The highest BCUT2D eigenvalue weighted by molar-refractivity contribution is 5.77. The molecular formula is C16H22N4O. The Morgan fingerprint density at radius 2 is 2.10 bits per heavy atom. The van der Waals surface area contributed by atoms with Crippen LogP contribution >= 0.6 is 0 Å². The number of hydrogen-bond acceptors (Lipinski definition) is 5. The summed E-state index contributed by atoms with van der Waals surface area (Å²) in [4.78, 5) is 9.22. The third kappa shape index (κ3) is 3.42. The Morgan fingerprint density at radius 3 is 2.81 bits per heavy atom. The summed E-state index contributed by atoms with van der Waals surface area (Å²) in [5, 5.41) is 6.85. The number of aromatic nitrogens is 2. The molecule has 5 heteroatoms. The second-order valence-electron chi connectivity index (χ2n) is 5.39. The summed E-state index contributed by atoms with van der Waals surface area (Å²) < 4.78 is 5.63. The van der Waals surface area contributed by atoms with Crippen LogP contribution in [0.25, 0.3) is 11.0 Å². The second-order valence-corrected chi connectivity index (χ2v) is 5.39. The Kier molecular flexibility index (Phi) is 4.50. The molecule has 1 aliphatic heterocycles. The summed E-state index contributed by atoms with van der Waals surface area (Å²) in [5.41, 5.74) is 1.76. The van der Waals surface area contributed by atoms with Crippen LogP contribution in [0.3, 0.4) is 0 Å². The van der Waals surface area contributed by atoms with E-state index < -0.39 is 0 Å². The Bertz CT molecular complexity index is 596. The van der Waals surface area contributed by atoms with E-state index in [4.69, 9.17) is 4.74 Å². The number of anilines is 1. The van der Waals surface area contributed by atoms with Crippen molar-refractivity contribution in [3.8, 4) is 5.88 Å². The standard InChI is InChI=1S/C16H22N4O/c1-2-21-16-15(18-11-12-6-5-9-17-10-12)19-13-7-3-4-8-14(13)20-16/h3-4,7-8,12,17H,2,5-6,9-11H2,1H3,(H,18,19)/t12-/m1/s1. The van der Waals surface area contributed by atoms with Crippen LogP contribution in [-0.2, 0) is 0 Å². The van der Waals surface area contributed by atoms with E-state index >= 15 is 0 Å². The first kappa shape index (κ1) is 14.1. The van der Waals surface area contributed by atoms with Crippen LogP contribution in [0.4, 0.5) is 5.82 Å². The molecule has 0 bridgehead atoms. The maximum Gasteiger partial charge on any atom is 0.258 e. The fraction of sp³-hybridized carbons (Fsp3) is 0.500. The van der Waals surface area contributed by atoms with Crippen molar-refractivity contribution in [2.75, 3.05) is 31.6 Å². The van der Waals surface area contributed by atoms with Gasteiger partial charge in [0.2, 0.25) is 0 Å². The van der Waals surface area contributed by atoms with Gasteiger partial charge in [0.15, 0.2) is 5.82 Å². The fourth-order valence-electron chi connectivity index (χ4n) is 2.68. The lowest BCUT2D eigenvalue weighted by molar-refractivity contribution is 0.328. The molecule has 2 aromatic rings. The SMILES string of the molecule is CCOc1nc2ccccc2nc1NC[C@@H]1CCCNC1. The first-order valence-corrected chi connectivity index (χ1v) is 7.71. The largest absolute Gasteiger partial charge is 0.475 e. The third-order valence-electron chi connectivity index (χ3n) is 3.78. The zero-order valence-electron chi connectivity index (χ0n) is 12.4. The van der Waals surface area contributed by atoms with Gasteiger partial charge in [-0.2, -0.15) is 0 Å². The van der Waals surface area contributed by atoms with E-state index in [0.29, 0.717) is 18.4 Å². The van der Waals surface area contributed by atoms with E-state index in [9.17, 15) is 0 Å². The third-order valence-corrected chi connectivity index (χ3v) is 3.78. The van der Waals surface area contributed by atoms with Crippen molar-refractivity contribution in [1.82, 2.24) is 15.3 Å². The lowest BCUT2D eigenvalue weighted by Crippen LogP contribution is -2.33.